The zero-order valence-corrected chi connectivity index (χ0v) is 81.8. The minimum atomic E-state index is -0.566. The topological polar surface area (TPSA) is 104 Å². The normalized spacial score (nSPS) is 12.1. The summed E-state index contributed by atoms with van der Waals surface area (Å²) in [5.41, 5.74) is 3.74. The number of likely N-dealkylation sites (N-methyl/N-ethyl adjacent to an activating group) is 2. The Balaban J connectivity index is 0.00000104. The number of nitrogens with zero attached hydrogens (tertiary/aromatic N) is 4. The summed E-state index contributed by atoms with van der Waals surface area (Å²) in [5, 5.41) is 9.14. The first-order valence-corrected chi connectivity index (χ1v) is 51.6. The van der Waals surface area contributed by atoms with Crippen molar-refractivity contribution in [2.24, 2.45) is 0 Å². The van der Waals surface area contributed by atoms with E-state index in [0.29, 0.717) is 18.9 Å². The SMILES string of the molecule is CCCCC/C=C\C/C=C\CCCCCCCCC(CCCCCCCC/C=C\C/C=C\CCCCC)OC(=O)OCCN(CCN(CC)CC)Cc1ccccc1.CCCCC/C=C\C/C=C\CCCCCCCCC(CCCCCCCC/C=C\C/C=C\CCCCC)OC(=O)Oc1ccc(C)cc1.CCN(CC)CCN(CCO)Cc1ccccc1. The first-order chi connectivity index (χ1) is 61.1. The first-order valence-electron chi connectivity index (χ1n) is 51.6. The monoisotopic (exact) mass is 1720 g/mol. The summed E-state index contributed by atoms with van der Waals surface area (Å²) in [6, 6.07) is 28.6. The standard InChI is InChI=1S/C53H92N2O3.C45H74O3.C15H26N2O/c1-5-9-11-13-15-17-19-21-23-25-27-29-31-33-35-40-44-52(45-41-36-34-32-30-28-26-24-22-20-18-16-14-12-10-6-2)58-53(56)57-49-48-55(47-46-54(7-3)8-4)50-51-42-38-37-39-43-51;1-4-6-8-10-12-14-16-18-20-22-24-26-28-30-32-34-36-43(47-45(46)48-44-40-38-42(3)39-41-44)37-35-33-31-29-27-25-23-21-19-17-15-13-11-9-7-5-2;1-3-16(4-2)10-11-17(12-13-18)14-15-8-6-5-7-9-15/h15-18,21-24,37-39,42-43,52H,5-14,19-20,25-36,40-41,44-50H2,1-4H3;12-15,18-21,38-41,43H,4-11,16-17,22-37H2,1-3H3;5-9,18H,3-4,10-14H2,1-2H3/b17-15-,18-16-,23-21-,24-22-;14-12-,15-13-,20-18-,21-19-;. The second kappa shape index (κ2) is 93.1. The van der Waals surface area contributed by atoms with E-state index in [1.807, 2.05) is 37.3 Å². The van der Waals surface area contributed by atoms with E-state index in [-0.39, 0.29) is 18.8 Å². The molecule has 0 atom stereocenters. The second-order valence-electron chi connectivity index (χ2n) is 34.5. The van der Waals surface area contributed by atoms with Crippen molar-refractivity contribution in [1.82, 2.24) is 19.6 Å². The van der Waals surface area contributed by atoms with Gasteiger partial charge in [0.2, 0.25) is 0 Å². The Labute approximate surface area is 765 Å². The smallest absolute Gasteiger partial charge is 0.433 e. The fourth-order valence-corrected chi connectivity index (χ4v) is 15.3. The average Bonchev–Trinajstić information content (AvgIpc) is 0.867. The van der Waals surface area contributed by atoms with Crippen LogP contribution in [0.3, 0.4) is 0 Å². The van der Waals surface area contributed by atoms with Crippen molar-refractivity contribution in [3.63, 3.8) is 0 Å². The highest BCUT2D eigenvalue weighted by Gasteiger charge is 2.19. The average molecular weight is 1720 g/mol. The fourth-order valence-electron chi connectivity index (χ4n) is 15.3. The molecular weight excluding hydrogens is 1530 g/mol. The van der Waals surface area contributed by atoms with Crippen molar-refractivity contribution in [1.29, 1.82) is 0 Å². The van der Waals surface area contributed by atoms with Crippen LogP contribution in [-0.4, -0.2) is 128 Å². The van der Waals surface area contributed by atoms with Gasteiger partial charge in [0.05, 0.1) is 6.61 Å². The number of hydrogen-bond donors (Lipinski definition) is 1. The maximum absolute atomic E-state index is 13.0. The lowest BCUT2D eigenvalue weighted by atomic mass is 10.0. The lowest BCUT2D eigenvalue weighted by Crippen LogP contribution is -2.36. The van der Waals surface area contributed by atoms with E-state index in [0.717, 1.165) is 155 Å². The summed E-state index contributed by atoms with van der Waals surface area (Å²) >= 11 is 0. The molecule has 3 rings (SSSR count). The number of carbonyl (C=O) groups is 2. The van der Waals surface area contributed by atoms with Crippen LogP contribution in [0.25, 0.3) is 0 Å². The molecule has 0 saturated carbocycles. The van der Waals surface area contributed by atoms with Gasteiger partial charge in [0.1, 0.15) is 24.6 Å². The van der Waals surface area contributed by atoms with Crippen LogP contribution >= 0.6 is 0 Å². The number of unbranched alkanes of at least 4 members (excludes halogenated alkanes) is 36. The van der Waals surface area contributed by atoms with Crippen LogP contribution in [-0.2, 0) is 27.3 Å². The van der Waals surface area contributed by atoms with E-state index >= 15 is 0 Å². The number of carbonyl (C=O) groups excluding carboxylic acids is 2. The second-order valence-corrected chi connectivity index (χ2v) is 34.5. The summed E-state index contributed by atoms with van der Waals surface area (Å²) in [5.74, 6) is 0.548. The summed E-state index contributed by atoms with van der Waals surface area (Å²) in [6.45, 7) is 32.0. The van der Waals surface area contributed by atoms with Crippen molar-refractivity contribution in [3.05, 3.63) is 199 Å². The van der Waals surface area contributed by atoms with Crippen LogP contribution in [0.4, 0.5) is 9.59 Å². The third-order valence-electron chi connectivity index (χ3n) is 23.5. The molecular formula is C113H192N4O7. The number of aryl methyl sites for hydroxylation is 1. The Morgan fingerprint density at radius 1 is 0.298 bits per heavy atom. The van der Waals surface area contributed by atoms with Gasteiger partial charge in [0, 0.05) is 52.4 Å². The van der Waals surface area contributed by atoms with Crippen molar-refractivity contribution in [3.8, 4) is 5.75 Å². The minimum Gasteiger partial charge on any atom is -0.433 e. The largest absolute Gasteiger partial charge is 0.514 e. The Kier molecular flexibility index (Phi) is 87.0. The maximum atomic E-state index is 13.0. The third-order valence-corrected chi connectivity index (χ3v) is 23.5. The molecule has 11 nitrogen and oxygen atoms in total. The number of aliphatic hydroxyl groups is 1. The molecule has 11 heteroatoms. The minimum absolute atomic E-state index is 0.0488. The van der Waals surface area contributed by atoms with Gasteiger partial charge in [-0.15, -0.1) is 0 Å². The number of benzene rings is 3. The molecule has 1 N–H and O–H groups in total. The molecule has 0 spiro atoms. The Bertz CT molecular complexity index is 2870. The molecule has 0 aromatic heterocycles. The zero-order valence-electron chi connectivity index (χ0n) is 81.8. The van der Waals surface area contributed by atoms with Crippen LogP contribution < -0.4 is 4.74 Å². The molecule has 706 valence electrons. The van der Waals surface area contributed by atoms with Gasteiger partial charge in [-0.1, -0.05) is 385 Å². The van der Waals surface area contributed by atoms with Crippen molar-refractivity contribution >= 4 is 12.3 Å². The van der Waals surface area contributed by atoms with Crippen LogP contribution in [0.15, 0.2) is 182 Å². The first kappa shape index (κ1) is 116. The van der Waals surface area contributed by atoms with Crippen molar-refractivity contribution in [2.45, 2.75) is 421 Å². The zero-order chi connectivity index (χ0) is 89.6. The van der Waals surface area contributed by atoms with Crippen molar-refractivity contribution in [2.75, 3.05) is 78.7 Å². The molecule has 0 fully saturated rings. The van der Waals surface area contributed by atoms with E-state index in [2.05, 4.69) is 227 Å². The van der Waals surface area contributed by atoms with Gasteiger partial charge < -0.3 is 33.9 Å². The third kappa shape index (κ3) is 79.3. The van der Waals surface area contributed by atoms with Crippen LogP contribution in [0.5, 0.6) is 5.75 Å². The fraction of sp³-hybridized carbons (Fsp3) is 0.681. The van der Waals surface area contributed by atoms with Gasteiger partial charge in [0.25, 0.3) is 0 Å². The van der Waals surface area contributed by atoms with E-state index in [4.69, 9.17) is 24.1 Å². The van der Waals surface area contributed by atoms with Gasteiger partial charge >= 0.3 is 12.3 Å². The number of rotatable bonds is 82. The number of aliphatic hydroxyl groups excluding tert-OH is 1. The molecule has 0 aliphatic carbocycles. The van der Waals surface area contributed by atoms with Gasteiger partial charge in [0.15, 0.2) is 0 Å². The van der Waals surface area contributed by atoms with E-state index < -0.39 is 12.3 Å². The molecule has 0 unspecified atom stereocenters. The van der Waals surface area contributed by atoms with E-state index in [1.165, 1.54) is 268 Å². The molecule has 0 heterocycles. The summed E-state index contributed by atoms with van der Waals surface area (Å²) < 4.78 is 23.1. The molecule has 0 amide bonds. The number of ether oxygens (including phenoxy) is 4. The number of allylic oxidation sites excluding steroid dienone is 16. The van der Waals surface area contributed by atoms with Gasteiger partial charge in [-0.25, -0.2) is 9.59 Å². The highest BCUT2D eigenvalue weighted by molar-refractivity contribution is 5.64. The van der Waals surface area contributed by atoms with Crippen LogP contribution in [0.2, 0.25) is 0 Å². The molecule has 3 aromatic rings. The lowest BCUT2D eigenvalue weighted by Gasteiger charge is -2.26. The molecule has 0 radical (unpaired) electrons. The molecule has 0 aliphatic rings. The van der Waals surface area contributed by atoms with Crippen molar-refractivity contribution < 1.29 is 33.6 Å². The predicted octanol–water partition coefficient (Wildman–Crippen LogP) is 32.9. The van der Waals surface area contributed by atoms with Gasteiger partial charge in [-0.3, -0.25) is 9.80 Å². The quantitative estimate of drug-likeness (QED) is 0.0253. The van der Waals surface area contributed by atoms with E-state index in [1.54, 1.807) is 0 Å². The van der Waals surface area contributed by atoms with E-state index in [9.17, 15) is 9.59 Å². The molecule has 0 bridgehead atoms. The Morgan fingerprint density at radius 3 is 0.855 bits per heavy atom. The molecule has 124 heavy (non-hydrogen) atoms. The number of hydrogen-bond acceptors (Lipinski definition) is 11. The van der Waals surface area contributed by atoms with Gasteiger partial charge in [-0.05, 0) is 236 Å². The highest BCUT2D eigenvalue weighted by Crippen LogP contribution is 2.23. The summed E-state index contributed by atoms with van der Waals surface area (Å²) in [7, 11) is 0. The van der Waals surface area contributed by atoms with Crippen LogP contribution in [0, 0.1) is 6.92 Å². The molecule has 0 aliphatic heterocycles. The maximum Gasteiger partial charge on any atom is 0.514 e. The Morgan fingerprint density at radius 2 is 0.565 bits per heavy atom. The summed E-state index contributed by atoms with van der Waals surface area (Å²) in [6.07, 6.45) is 99.4. The molecule has 0 saturated heterocycles. The summed E-state index contributed by atoms with van der Waals surface area (Å²) in [4.78, 5) is 35.2. The van der Waals surface area contributed by atoms with Crippen LogP contribution in [0.1, 0.15) is 406 Å². The lowest BCUT2D eigenvalue weighted by molar-refractivity contribution is 0.0112. The molecule has 3 aromatic carbocycles. The Hall–Kier alpha value is -6.08. The predicted molar refractivity (Wildman–Crippen MR) is 540 cm³/mol. The highest BCUT2D eigenvalue weighted by atomic mass is 16.7. The van der Waals surface area contributed by atoms with Gasteiger partial charge in [-0.2, -0.15) is 0 Å².